The molecule has 0 N–H and O–H groups in total. The fourth-order valence-electron chi connectivity index (χ4n) is 4.38. The van der Waals surface area contributed by atoms with E-state index in [0.29, 0.717) is 13.1 Å². The van der Waals surface area contributed by atoms with Crippen molar-refractivity contribution in [2.75, 3.05) is 13.7 Å². The largest absolute Gasteiger partial charge is 0.464 e. The lowest BCUT2D eigenvalue weighted by Crippen LogP contribution is -2.37. The average molecular weight is 444 g/mol. The van der Waals surface area contributed by atoms with Gasteiger partial charge in [-0.25, -0.2) is 19.7 Å². The summed E-state index contributed by atoms with van der Waals surface area (Å²) in [4.78, 5) is 39.4. The van der Waals surface area contributed by atoms with Crippen molar-refractivity contribution in [1.29, 1.82) is 0 Å². The zero-order valence-corrected chi connectivity index (χ0v) is 18.8. The van der Waals surface area contributed by atoms with Gasteiger partial charge in [-0.15, -0.1) is 0 Å². The monoisotopic (exact) mass is 444 g/mol. The van der Waals surface area contributed by atoms with Crippen LogP contribution in [0.15, 0.2) is 42.9 Å². The second-order valence-corrected chi connectivity index (χ2v) is 7.95. The Morgan fingerprint density at radius 1 is 1.09 bits per heavy atom. The van der Waals surface area contributed by atoms with E-state index < -0.39 is 5.97 Å². The van der Waals surface area contributed by atoms with Gasteiger partial charge in [-0.05, 0) is 24.3 Å². The topological polar surface area (TPSA) is 94.6 Å². The SMILES string of the molecule is CCc1nc(-c2cccc3c(-c4ccc(C(=O)OC)nc4)ncn23)c2n1CCN(C(C)=O)C2. The molecule has 0 saturated heterocycles. The van der Waals surface area contributed by atoms with Crippen LogP contribution < -0.4 is 0 Å². The third kappa shape index (κ3) is 3.45. The maximum atomic E-state index is 12.0. The summed E-state index contributed by atoms with van der Waals surface area (Å²) in [6.45, 7) is 5.68. The van der Waals surface area contributed by atoms with Gasteiger partial charge in [0.2, 0.25) is 5.91 Å². The van der Waals surface area contributed by atoms with Crippen molar-refractivity contribution in [3.8, 4) is 22.6 Å². The number of pyridine rings is 2. The molecule has 0 atom stereocenters. The van der Waals surface area contributed by atoms with E-state index in [1.807, 2.05) is 33.6 Å². The van der Waals surface area contributed by atoms with Gasteiger partial charge in [0.1, 0.15) is 23.5 Å². The van der Waals surface area contributed by atoms with Crippen molar-refractivity contribution < 1.29 is 14.3 Å². The number of carbonyl (C=O) groups is 2. The molecule has 1 amide bonds. The number of ether oxygens (including phenoxy) is 1. The highest BCUT2D eigenvalue weighted by Crippen LogP contribution is 2.31. The molecular formula is C24H24N6O3. The van der Waals surface area contributed by atoms with Crippen LogP contribution in [0.3, 0.4) is 0 Å². The molecule has 9 heteroatoms. The van der Waals surface area contributed by atoms with Gasteiger partial charge in [-0.1, -0.05) is 13.0 Å². The first-order valence-corrected chi connectivity index (χ1v) is 10.9. The predicted molar refractivity (Wildman–Crippen MR) is 121 cm³/mol. The summed E-state index contributed by atoms with van der Waals surface area (Å²) in [7, 11) is 1.33. The van der Waals surface area contributed by atoms with Crippen LogP contribution in [0, 0.1) is 0 Å². The molecule has 0 fully saturated rings. The summed E-state index contributed by atoms with van der Waals surface area (Å²) in [6.07, 6.45) is 4.22. The molecule has 5 rings (SSSR count). The Bertz CT molecular complexity index is 1370. The van der Waals surface area contributed by atoms with Crippen molar-refractivity contribution >= 4 is 17.4 Å². The molecule has 4 aromatic heterocycles. The number of methoxy groups -OCH3 is 1. The molecule has 5 heterocycles. The number of hydrogen-bond acceptors (Lipinski definition) is 6. The van der Waals surface area contributed by atoms with Gasteiger partial charge in [-0.3, -0.25) is 9.20 Å². The van der Waals surface area contributed by atoms with Crippen LogP contribution in [-0.2, 0) is 29.0 Å². The van der Waals surface area contributed by atoms with Crippen LogP contribution in [-0.4, -0.2) is 54.4 Å². The minimum atomic E-state index is -0.477. The second kappa shape index (κ2) is 8.16. The summed E-state index contributed by atoms with van der Waals surface area (Å²) < 4.78 is 8.98. The van der Waals surface area contributed by atoms with Crippen molar-refractivity contribution in [3.63, 3.8) is 0 Å². The Labute approximate surface area is 190 Å². The Morgan fingerprint density at radius 3 is 2.64 bits per heavy atom. The number of aromatic nitrogens is 5. The van der Waals surface area contributed by atoms with Gasteiger partial charge in [0.05, 0.1) is 36.3 Å². The maximum Gasteiger partial charge on any atom is 0.356 e. The molecule has 168 valence electrons. The average Bonchev–Trinajstić information content (AvgIpc) is 3.44. The number of amides is 1. The van der Waals surface area contributed by atoms with E-state index in [-0.39, 0.29) is 11.6 Å². The van der Waals surface area contributed by atoms with Gasteiger partial charge in [0.15, 0.2) is 0 Å². The van der Waals surface area contributed by atoms with Crippen LogP contribution in [0.4, 0.5) is 0 Å². The Hall–Kier alpha value is -4.01. The van der Waals surface area contributed by atoms with E-state index >= 15 is 0 Å². The molecule has 0 unspecified atom stereocenters. The maximum absolute atomic E-state index is 12.0. The quantitative estimate of drug-likeness (QED) is 0.449. The minimum absolute atomic E-state index is 0.0671. The van der Waals surface area contributed by atoms with Gasteiger partial charge in [0, 0.05) is 38.2 Å². The minimum Gasteiger partial charge on any atom is -0.464 e. The number of esters is 1. The van der Waals surface area contributed by atoms with Gasteiger partial charge >= 0.3 is 5.97 Å². The first-order chi connectivity index (χ1) is 16.0. The van der Waals surface area contributed by atoms with Gasteiger partial charge in [0.25, 0.3) is 0 Å². The number of hydrogen-bond donors (Lipinski definition) is 0. The zero-order valence-electron chi connectivity index (χ0n) is 18.8. The van der Waals surface area contributed by atoms with Crippen LogP contribution in [0.2, 0.25) is 0 Å². The van der Waals surface area contributed by atoms with Crippen LogP contribution in [0.5, 0.6) is 0 Å². The van der Waals surface area contributed by atoms with Crippen LogP contribution in [0.1, 0.15) is 35.9 Å². The number of carbonyl (C=O) groups excluding carboxylic acids is 2. The van der Waals surface area contributed by atoms with E-state index in [9.17, 15) is 9.59 Å². The van der Waals surface area contributed by atoms with Gasteiger partial charge in [-0.2, -0.15) is 0 Å². The van der Waals surface area contributed by atoms with E-state index in [0.717, 1.165) is 52.6 Å². The first kappa shape index (κ1) is 20.9. The number of rotatable bonds is 4. The molecule has 9 nitrogen and oxygen atoms in total. The predicted octanol–water partition coefficient (Wildman–Crippen LogP) is 2.97. The molecule has 0 spiro atoms. The molecule has 0 aliphatic carbocycles. The fraction of sp³-hybridized carbons (Fsp3) is 0.292. The lowest BCUT2D eigenvalue weighted by Gasteiger charge is -2.28. The lowest BCUT2D eigenvalue weighted by molar-refractivity contribution is -0.130. The number of nitrogens with zero attached hydrogens (tertiary/aromatic N) is 6. The lowest BCUT2D eigenvalue weighted by atomic mass is 10.1. The van der Waals surface area contributed by atoms with E-state index in [1.165, 1.54) is 7.11 Å². The highest BCUT2D eigenvalue weighted by molar-refractivity contribution is 5.88. The molecule has 1 aliphatic rings. The Kier molecular flexibility index (Phi) is 5.16. The molecule has 0 saturated carbocycles. The standard InChI is InChI=1S/C24H24N6O3/c1-4-21-27-23(20-13-28(15(2)31)10-11-29(20)21)19-7-5-6-18-22(26-14-30(18)19)16-8-9-17(25-12-16)24(32)33-3/h5-9,12,14H,4,10-11,13H2,1-3H3. The van der Waals surface area contributed by atoms with E-state index in [1.54, 1.807) is 25.5 Å². The fourth-order valence-corrected chi connectivity index (χ4v) is 4.38. The number of fused-ring (bicyclic) bond motifs is 2. The smallest absolute Gasteiger partial charge is 0.356 e. The summed E-state index contributed by atoms with van der Waals surface area (Å²) in [5, 5.41) is 0. The summed E-state index contributed by atoms with van der Waals surface area (Å²) in [5.41, 5.74) is 5.53. The van der Waals surface area contributed by atoms with Crippen molar-refractivity contribution in [2.24, 2.45) is 0 Å². The van der Waals surface area contributed by atoms with E-state index in [2.05, 4.69) is 21.5 Å². The molecule has 1 aliphatic heterocycles. The Morgan fingerprint density at radius 2 is 1.94 bits per heavy atom. The molecule has 4 aromatic rings. The molecule has 0 bridgehead atoms. The van der Waals surface area contributed by atoms with Crippen molar-refractivity contribution in [3.05, 3.63) is 60.1 Å². The van der Waals surface area contributed by atoms with Crippen LogP contribution >= 0.6 is 0 Å². The summed E-state index contributed by atoms with van der Waals surface area (Å²) in [5.74, 6) is 0.607. The second-order valence-electron chi connectivity index (χ2n) is 7.95. The highest BCUT2D eigenvalue weighted by atomic mass is 16.5. The number of imidazole rings is 2. The van der Waals surface area contributed by atoms with Crippen molar-refractivity contribution in [1.82, 2.24) is 28.8 Å². The highest BCUT2D eigenvalue weighted by Gasteiger charge is 2.26. The third-order valence-corrected chi connectivity index (χ3v) is 6.09. The first-order valence-electron chi connectivity index (χ1n) is 10.9. The summed E-state index contributed by atoms with van der Waals surface area (Å²) in [6, 6.07) is 9.44. The third-order valence-electron chi connectivity index (χ3n) is 6.09. The van der Waals surface area contributed by atoms with Gasteiger partial charge < -0.3 is 14.2 Å². The zero-order chi connectivity index (χ0) is 23.1. The molecule has 0 aromatic carbocycles. The molecule has 33 heavy (non-hydrogen) atoms. The Balaban J connectivity index is 1.61. The molecular weight excluding hydrogens is 420 g/mol. The normalized spacial score (nSPS) is 13.2. The van der Waals surface area contributed by atoms with Crippen LogP contribution in [0.25, 0.3) is 28.2 Å². The number of aryl methyl sites for hydroxylation is 1. The van der Waals surface area contributed by atoms with Crippen molar-refractivity contribution in [2.45, 2.75) is 33.4 Å². The summed E-state index contributed by atoms with van der Waals surface area (Å²) >= 11 is 0. The van der Waals surface area contributed by atoms with E-state index in [4.69, 9.17) is 9.72 Å². The molecule has 0 radical (unpaired) electrons.